The highest BCUT2D eigenvalue weighted by Crippen LogP contribution is 2.19. The lowest BCUT2D eigenvalue weighted by Crippen LogP contribution is -2.24. The Morgan fingerprint density at radius 3 is 2.47 bits per heavy atom. The number of halogens is 1. The van der Waals surface area contributed by atoms with E-state index in [0.717, 1.165) is 16.8 Å². The van der Waals surface area contributed by atoms with Gasteiger partial charge in [-0.15, -0.1) is 0 Å². The van der Waals surface area contributed by atoms with Gasteiger partial charge in [0.25, 0.3) is 5.91 Å². The number of nitrogens with zero attached hydrogens (tertiary/aromatic N) is 2. The summed E-state index contributed by atoms with van der Waals surface area (Å²) in [5.74, 6) is -0.188. The van der Waals surface area contributed by atoms with Crippen LogP contribution < -0.4 is 10.6 Å². The molecule has 3 rings (SSSR count). The Morgan fingerprint density at radius 1 is 1.10 bits per heavy atom. The monoisotopic (exact) mass is 426 g/mol. The van der Waals surface area contributed by atoms with Crippen LogP contribution in [-0.2, 0) is 17.8 Å². The maximum Gasteiger partial charge on any atom is 0.411 e. The molecule has 1 aromatic heterocycles. The lowest BCUT2D eigenvalue weighted by atomic mass is 10.1. The van der Waals surface area contributed by atoms with E-state index in [2.05, 4.69) is 20.5 Å². The zero-order valence-electron chi connectivity index (χ0n) is 17.0. The van der Waals surface area contributed by atoms with Crippen molar-refractivity contribution in [3.63, 3.8) is 0 Å². The van der Waals surface area contributed by atoms with Crippen molar-refractivity contribution in [3.05, 3.63) is 81.6 Å². The van der Waals surface area contributed by atoms with Gasteiger partial charge in [-0.1, -0.05) is 41.9 Å². The number of ether oxygens (including phenoxy) is 1. The first kappa shape index (κ1) is 21.4. The lowest BCUT2D eigenvalue weighted by Gasteiger charge is -2.09. The van der Waals surface area contributed by atoms with Crippen molar-refractivity contribution in [1.29, 1.82) is 0 Å². The zero-order chi connectivity index (χ0) is 21.7. The standard InChI is InChI=1S/C22H23ClN4O3/c1-14-20(15(2)27(26-14)13-17-6-4-5-7-19(17)23)21(28)24-12-16-8-10-18(11-9-16)25-22(29)30-3/h4-11H,12-13H2,1-3H3,(H,24,28)(H,25,29). The molecule has 0 unspecified atom stereocenters. The average molecular weight is 427 g/mol. The fourth-order valence-electron chi connectivity index (χ4n) is 3.11. The van der Waals surface area contributed by atoms with E-state index < -0.39 is 6.09 Å². The number of hydrogen-bond acceptors (Lipinski definition) is 4. The molecule has 156 valence electrons. The van der Waals surface area contributed by atoms with Crippen molar-refractivity contribution in [3.8, 4) is 0 Å². The third kappa shape index (κ3) is 4.99. The molecule has 7 nitrogen and oxygen atoms in total. The van der Waals surface area contributed by atoms with Crippen LogP contribution in [0.15, 0.2) is 48.5 Å². The van der Waals surface area contributed by atoms with E-state index in [-0.39, 0.29) is 5.91 Å². The van der Waals surface area contributed by atoms with Gasteiger partial charge in [-0.05, 0) is 43.2 Å². The van der Waals surface area contributed by atoms with Crippen LogP contribution in [0.1, 0.15) is 32.9 Å². The van der Waals surface area contributed by atoms with Crippen LogP contribution in [0, 0.1) is 13.8 Å². The number of amides is 2. The van der Waals surface area contributed by atoms with Crippen LogP contribution in [0.4, 0.5) is 10.5 Å². The third-order valence-electron chi connectivity index (χ3n) is 4.73. The van der Waals surface area contributed by atoms with E-state index in [1.807, 2.05) is 50.2 Å². The summed E-state index contributed by atoms with van der Waals surface area (Å²) in [7, 11) is 1.31. The number of aryl methyl sites for hydroxylation is 1. The number of rotatable bonds is 6. The number of anilines is 1. The number of hydrogen-bond donors (Lipinski definition) is 2. The molecule has 0 bridgehead atoms. The summed E-state index contributed by atoms with van der Waals surface area (Å²) >= 11 is 6.25. The predicted octanol–water partition coefficient (Wildman–Crippen LogP) is 4.31. The number of nitrogens with one attached hydrogen (secondary N) is 2. The largest absolute Gasteiger partial charge is 0.453 e. The molecule has 3 aromatic rings. The average Bonchev–Trinajstić information content (AvgIpc) is 3.02. The molecule has 2 N–H and O–H groups in total. The van der Waals surface area contributed by atoms with Crippen molar-refractivity contribution < 1.29 is 14.3 Å². The Labute approximate surface area is 180 Å². The summed E-state index contributed by atoms with van der Waals surface area (Å²) in [5, 5.41) is 10.7. The van der Waals surface area contributed by atoms with Gasteiger partial charge >= 0.3 is 6.09 Å². The summed E-state index contributed by atoms with van der Waals surface area (Å²) in [6.45, 7) is 4.54. The molecule has 30 heavy (non-hydrogen) atoms. The first-order valence-electron chi connectivity index (χ1n) is 9.38. The second-order valence-corrected chi connectivity index (χ2v) is 7.20. The van der Waals surface area contributed by atoms with Crippen molar-refractivity contribution in [2.24, 2.45) is 0 Å². The van der Waals surface area contributed by atoms with Crippen molar-refractivity contribution in [2.75, 3.05) is 12.4 Å². The minimum Gasteiger partial charge on any atom is -0.453 e. The van der Waals surface area contributed by atoms with Gasteiger partial charge in [0.15, 0.2) is 0 Å². The molecule has 1 heterocycles. The van der Waals surface area contributed by atoms with E-state index in [1.165, 1.54) is 7.11 Å². The number of aromatic nitrogens is 2. The highest BCUT2D eigenvalue weighted by molar-refractivity contribution is 6.31. The van der Waals surface area contributed by atoms with E-state index in [9.17, 15) is 9.59 Å². The highest BCUT2D eigenvalue weighted by atomic mass is 35.5. The van der Waals surface area contributed by atoms with Gasteiger partial charge in [-0.2, -0.15) is 5.10 Å². The molecule has 0 saturated heterocycles. The van der Waals surface area contributed by atoms with Crippen molar-refractivity contribution in [1.82, 2.24) is 15.1 Å². The summed E-state index contributed by atoms with van der Waals surface area (Å²) in [6, 6.07) is 14.7. The van der Waals surface area contributed by atoms with Crippen molar-refractivity contribution >= 4 is 29.3 Å². The molecular formula is C22H23ClN4O3. The normalized spacial score (nSPS) is 10.5. The van der Waals surface area contributed by atoms with E-state index >= 15 is 0 Å². The molecule has 0 fully saturated rings. The van der Waals surface area contributed by atoms with Gasteiger partial charge in [0, 0.05) is 22.9 Å². The number of carbonyl (C=O) groups excluding carboxylic acids is 2. The summed E-state index contributed by atoms with van der Waals surface area (Å²) in [4.78, 5) is 24.0. The Kier molecular flexibility index (Phi) is 6.74. The number of methoxy groups -OCH3 is 1. The fourth-order valence-corrected chi connectivity index (χ4v) is 3.31. The zero-order valence-corrected chi connectivity index (χ0v) is 17.8. The quantitative estimate of drug-likeness (QED) is 0.615. The molecule has 8 heteroatoms. The van der Waals surface area contributed by atoms with Crippen molar-refractivity contribution in [2.45, 2.75) is 26.9 Å². The number of benzene rings is 2. The first-order valence-corrected chi connectivity index (χ1v) is 9.76. The molecule has 0 radical (unpaired) electrons. The molecule has 0 aliphatic carbocycles. The second-order valence-electron chi connectivity index (χ2n) is 6.79. The molecule has 0 atom stereocenters. The minimum absolute atomic E-state index is 0.188. The molecule has 0 aliphatic rings. The number of carbonyl (C=O) groups is 2. The van der Waals surface area contributed by atoms with Crippen LogP contribution in [0.25, 0.3) is 0 Å². The summed E-state index contributed by atoms with van der Waals surface area (Å²) in [5.41, 5.74) is 4.46. The van der Waals surface area contributed by atoms with Gasteiger partial charge in [0.1, 0.15) is 0 Å². The predicted molar refractivity (Wildman–Crippen MR) is 116 cm³/mol. The molecule has 2 aromatic carbocycles. The van der Waals surface area contributed by atoms with E-state index in [0.29, 0.717) is 35.1 Å². The maximum atomic E-state index is 12.8. The molecule has 0 saturated carbocycles. The Hall–Kier alpha value is -3.32. The minimum atomic E-state index is -0.532. The summed E-state index contributed by atoms with van der Waals surface area (Å²) < 4.78 is 6.35. The van der Waals surface area contributed by atoms with Gasteiger partial charge in [-0.3, -0.25) is 14.8 Å². The van der Waals surface area contributed by atoms with Crippen LogP contribution >= 0.6 is 11.6 Å². The molecular weight excluding hydrogens is 404 g/mol. The van der Waals surface area contributed by atoms with E-state index in [1.54, 1.807) is 16.8 Å². The van der Waals surface area contributed by atoms with Gasteiger partial charge in [0.05, 0.1) is 24.9 Å². The van der Waals surface area contributed by atoms with Crippen LogP contribution in [-0.4, -0.2) is 28.9 Å². The maximum absolute atomic E-state index is 12.8. The molecule has 2 amide bonds. The second kappa shape index (κ2) is 9.45. The van der Waals surface area contributed by atoms with Gasteiger partial charge in [0.2, 0.25) is 0 Å². The SMILES string of the molecule is COC(=O)Nc1ccc(CNC(=O)c2c(C)nn(Cc3ccccc3Cl)c2C)cc1. The topological polar surface area (TPSA) is 85.2 Å². The smallest absolute Gasteiger partial charge is 0.411 e. The summed E-state index contributed by atoms with van der Waals surface area (Å²) in [6.07, 6.45) is -0.532. The molecule has 0 spiro atoms. The Bertz CT molecular complexity index is 1060. The third-order valence-corrected chi connectivity index (χ3v) is 5.09. The van der Waals surface area contributed by atoms with Gasteiger partial charge < -0.3 is 10.1 Å². The fraction of sp³-hybridized carbons (Fsp3) is 0.227. The lowest BCUT2D eigenvalue weighted by molar-refractivity contribution is 0.0949. The Balaban J connectivity index is 1.66. The Morgan fingerprint density at radius 2 is 1.80 bits per heavy atom. The highest BCUT2D eigenvalue weighted by Gasteiger charge is 2.19. The van der Waals surface area contributed by atoms with Crippen LogP contribution in [0.5, 0.6) is 0 Å². The van der Waals surface area contributed by atoms with E-state index in [4.69, 9.17) is 11.6 Å². The van der Waals surface area contributed by atoms with Crippen LogP contribution in [0.2, 0.25) is 5.02 Å². The molecule has 0 aliphatic heterocycles. The van der Waals surface area contributed by atoms with Gasteiger partial charge in [-0.25, -0.2) is 4.79 Å². The van der Waals surface area contributed by atoms with Crippen LogP contribution in [0.3, 0.4) is 0 Å². The first-order chi connectivity index (χ1) is 14.4.